The molecular weight excluding hydrogens is 780 g/mol. The zero-order valence-electron chi connectivity index (χ0n) is 40.9. The molecule has 0 aromatic rings. The van der Waals surface area contributed by atoms with Gasteiger partial charge in [-0.15, -0.1) is 0 Å². The van der Waals surface area contributed by atoms with Crippen molar-refractivity contribution in [1.82, 2.24) is 5.32 Å². The summed E-state index contributed by atoms with van der Waals surface area (Å²) in [4.78, 5) is 22.8. The summed E-state index contributed by atoms with van der Waals surface area (Å²) in [5.41, 5.74) is 5.40. The van der Waals surface area contributed by atoms with Gasteiger partial charge in [-0.3, -0.25) is 13.8 Å². The van der Waals surface area contributed by atoms with Gasteiger partial charge in [0.1, 0.15) is 0 Å². The number of rotatable bonds is 52. The van der Waals surface area contributed by atoms with E-state index in [1.165, 1.54) is 231 Å². The molecule has 1 unspecified atom stereocenters. The van der Waals surface area contributed by atoms with Crippen molar-refractivity contribution < 1.29 is 28.4 Å². The van der Waals surface area contributed by atoms with E-state index >= 15 is 0 Å². The molecule has 0 heterocycles. The second-order valence-corrected chi connectivity index (χ2v) is 20.3. The maximum Gasteiger partial charge on any atom is 0.472 e. The van der Waals surface area contributed by atoms with E-state index in [0.717, 1.165) is 38.5 Å². The first-order valence-electron chi connectivity index (χ1n) is 27.2. The van der Waals surface area contributed by atoms with Gasteiger partial charge in [0.25, 0.3) is 0 Å². The molecule has 0 saturated heterocycles. The van der Waals surface area contributed by atoms with Crippen LogP contribution in [-0.4, -0.2) is 47.8 Å². The van der Waals surface area contributed by atoms with Crippen LogP contribution in [0.4, 0.5) is 0 Å². The van der Waals surface area contributed by atoms with Crippen molar-refractivity contribution in [3.8, 4) is 0 Å². The molecule has 8 nitrogen and oxygen atoms in total. The van der Waals surface area contributed by atoms with E-state index in [9.17, 15) is 19.4 Å². The average Bonchev–Trinajstić information content (AvgIpc) is 3.25. The van der Waals surface area contributed by atoms with Gasteiger partial charge in [-0.2, -0.15) is 0 Å². The van der Waals surface area contributed by atoms with Crippen LogP contribution in [0.5, 0.6) is 0 Å². The molecule has 0 aliphatic carbocycles. The minimum Gasteiger partial charge on any atom is -0.391 e. The van der Waals surface area contributed by atoms with Crippen LogP contribution in [-0.2, 0) is 18.4 Å². The second-order valence-electron chi connectivity index (χ2n) is 18.8. The second kappa shape index (κ2) is 48.9. The van der Waals surface area contributed by atoms with Crippen LogP contribution in [0.25, 0.3) is 0 Å². The summed E-state index contributed by atoms with van der Waals surface area (Å²) < 4.78 is 22.3. The number of nitrogens with two attached hydrogens (primary N) is 1. The third-order valence-corrected chi connectivity index (χ3v) is 13.7. The summed E-state index contributed by atoms with van der Waals surface area (Å²) in [6.07, 6.45) is 55.7. The van der Waals surface area contributed by atoms with Gasteiger partial charge in [-0.1, -0.05) is 277 Å². The van der Waals surface area contributed by atoms with Gasteiger partial charge in [0, 0.05) is 13.0 Å². The number of nitrogens with one attached hydrogen (secondary N) is 1. The fourth-order valence-corrected chi connectivity index (χ4v) is 9.37. The standard InChI is InChI=1S/C52H107N2O6P/c1-3-5-7-9-11-13-15-17-19-20-21-22-23-24-25-26-27-28-29-30-31-32-34-36-38-40-42-44-46-52(56)54-50(49-60-61(57,58)59-48-47-53)51(55)45-43-41-39-37-35-33-18-16-14-12-10-8-6-4-2/h50-51,55H,3-49,53H2,1-2H3,(H,54,56)(H,57,58)/t50-,51+/m0/s1. The maximum atomic E-state index is 12.8. The normalized spacial score (nSPS) is 13.7. The number of carbonyl (C=O) groups is 1. The number of amides is 1. The van der Waals surface area contributed by atoms with Gasteiger partial charge in [0.05, 0.1) is 25.4 Å². The van der Waals surface area contributed by atoms with Crippen molar-refractivity contribution in [2.45, 2.75) is 309 Å². The molecule has 0 radical (unpaired) electrons. The number of phosphoric ester groups is 1. The van der Waals surface area contributed by atoms with E-state index < -0.39 is 20.0 Å². The lowest BCUT2D eigenvalue weighted by molar-refractivity contribution is -0.123. The van der Waals surface area contributed by atoms with Crippen molar-refractivity contribution in [1.29, 1.82) is 0 Å². The van der Waals surface area contributed by atoms with E-state index in [1.807, 2.05) is 0 Å². The third kappa shape index (κ3) is 47.3. The number of aliphatic hydroxyl groups excluding tert-OH is 1. The van der Waals surface area contributed by atoms with Crippen LogP contribution in [0, 0.1) is 0 Å². The molecule has 0 spiro atoms. The number of unbranched alkanes of at least 4 members (excludes halogenated alkanes) is 40. The Morgan fingerprint density at radius 3 is 1.05 bits per heavy atom. The van der Waals surface area contributed by atoms with Crippen molar-refractivity contribution in [2.24, 2.45) is 5.73 Å². The number of carbonyl (C=O) groups excluding carboxylic acids is 1. The first kappa shape index (κ1) is 60.5. The van der Waals surface area contributed by atoms with Crippen LogP contribution >= 0.6 is 7.82 Å². The first-order chi connectivity index (χ1) is 29.9. The molecule has 0 fully saturated rings. The highest BCUT2D eigenvalue weighted by molar-refractivity contribution is 7.47. The fourth-order valence-electron chi connectivity index (χ4n) is 8.61. The van der Waals surface area contributed by atoms with Crippen molar-refractivity contribution >= 4 is 13.7 Å². The van der Waals surface area contributed by atoms with E-state index in [2.05, 4.69) is 19.2 Å². The average molecular weight is 887 g/mol. The Balaban J connectivity index is 3.86. The first-order valence-corrected chi connectivity index (χ1v) is 28.6. The summed E-state index contributed by atoms with van der Waals surface area (Å²) in [5, 5.41) is 13.9. The number of hydrogen-bond acceptors (Lipinski definition) is 6. The topological polar surface area (TPSA) is 131 Å². The monoisotopic (exact) mass is 887 g/mol. The van der Waals surface area contributed by atoms with E-state index in [4.69, 9.17) is 14.8 Å². The quantitative estimate of drug-likeness (QED) is 0.0353. The van der Waals surface area contributed by atoms with E-state index in [-0.39, 0.29) is 25.7 Å². The zero-order chi connectivity index (χ0) is 44.6. The van der Waals surface area contributed by atoms with Gasteiger partial charge in [-0.25, -0.2) is 4.57 Å². The number of aliphatic hydroxyl groups is 1. The molecule has 0 aromatic carbocycles. The van der Waals surface area contributed by atoms with Gasteiger partial charge < -0.3 is 21.1 Å². The summed E-state index contributed by atoms with van der Waals surface area (Å²) >= 11 is 0. The molecule has 366 valence electrons. The lowest BCUT2D eigenvalue weighted by Gasteiger charge is -2.25. The smallest absolute Gasteiger partial charge is 0.391 e. The van der Waals surface area contributed by atoms with E-state index in [1.54, 1.807) is 0 Å². The minimum atomic E-state index is -4.31. The van der Waals surface area contributed by atoms with Crippen LogP contribution in [0.1, 0.15) is 296 Å². The summed E-state index contributed by atoms with van der Waals surface area (Å²) in [7, 11) is -4.31. The Morgan fingerprint density at radius 1 is 0.475 bits per heavy atom. The Morgan fingerprint density at radius 2 is 0.754 bits per heavy atom. The highest BCUT2D eigenvalue weighted by Gasteiger charge is 2.27. The van der Waals surface area contributed by atoms with Gasteiger partial charge >= 0.3 is 7.82 Å². The van der Waals surface area contributed by atoms with Gasteiger partial charge in [0.2, 0.25) is 5.91 Å². The minimum absolute atomic E-state index is 0.0928. The summed E-state index contributed by atoms with van der Waals surface area (Å²) in [6, 6.07) is -0.768. The predicted molar refractivity (Wildman–Crippen MR) is 263 cm³/mol. The molecule has 0 aliphatic rings. The molecule has 0 bridgehead atoms. The van der Waals surface area contributed by atoms with Crippen LogP contribution in [0.3, 0.4) is 0 Å². The molecule has 0 saturated carbocycles. The number of hydrogen-bond donors (Lipinski definition) is 4. The highest BCUT2D eigenvalue weighted by atomic mass is 31.2. The van der Waals surface area contributed by atoms with Crippen LogP contribution < -0.4 is 11.1 Å². The molecule has 3 atom stereocenters. The Hall–Kier alpha value is -0.500. The summed E-state index contributed by atoms with van der Waals surface area (Å²) in [6.45, 7) is 4.26. The number of phosphoric acid groups is 1. The molecule has 0 aromatic heterocycles. The van der Waals surface area contributed by atoms with Crippen molar-refractivity contribution in [2.75, 3.05) is 19.8 Å². The molecule has 9 heteroatoms. The predicted octanol–water partition coefficient (Wildman–Crippen LogP) is 16.1. The Kier molecular flexibility index (Phi) is 48.5. The lowest BCUT2D eigenvalue weighted by Crippen LogP contribution is -2.46. The Labute approximate surface area is 380 Å². The highest BCUT2D eigenvalue weighted by Crippen LogP contribution is 2.43. The molecule has 5 N–H and O–H groups in total. The third-order valence-electron chi connectivity index (χ3n) is 12.7. The molecule has 1 amide bonds. The van der Waals surface area contributed by atoms with Crippen molar-refractivity contribution in [3.63, 3.8) is 0 Å². The Bertz CT molecular complexity index is 926. The van der Waals surface area contributed by atoms with Crippen LogP contribution in [0.15, 0.2) is 0 Å². The lowest BCUT2D eigenvalue weighted by atomic mass is 10.0. The largest absolute Gasteiger partial charge is 0.472 e. The van der Waals surface area contributed by atoms with Crippen molar-refractivity contribution in [3.05, 3.63) is 0 Å². The van der Waals surface area contributed by atoms with Crippen LogP contribution in [0.2, 0.25) is 0 Å². The van der Waals surface area contributed by atoms with E-state index in [0.29, 0.717) is 12.8 Å². The fraction of sp³-hybridized carbons (Fsp3) is 0.981. The molecule has 61 heavy (non-hydrogen) atoms. The zero-order valence-corrected chi connectivity index (χ0v) is 41.8. The molecular formula is C52H107N2O6P. The van der Waals surface area contributed by atoms with Gasteiger partial charge in [-0.05, 0) is 12.8 Å². The van der Waals surface area contributed by atoms with Gasteiger partial charge in [0.15, 0.2) is 0 Å². The molecule has 0 rings (SSSR count). The molecule has 0 aliphatic heterocycles. The summed E-state index contributed by atoms with van der Waals surface area (Å²) in [5.74, 6) is -0.154. The SMILES string of the molecule is CCCCCCCCCCCCCCCCCCCCCCCCCCCCCCC(=O)N[C@@H](COP(=O)(O)OCCN)[C@H](O)CCCCCCCCCCCCCCCC. The maximum absolute atomic E-state index is 12.8.